The highest BCUT2D eigenvalue weighted by molar-refractivity contribution is 7.91. The Balaban J connectivity index is 2.54. The maximum absolute atomic E-state index is 12.3. The third-order valence-corrected chi connectivity index (χ3v) is 5.63. The second-order valence-corrected chi connectivity index (χ2v) is 7.81. The molecule has 19 heavy (non-hydrogen) atoms. The van der Waals surface area contributed by atoms with Crippen molar-refractivity contribution >= 4 is 9.84 Å². The molecule has 1 aliphatic rings. The maximum atomic E-state index is 12.3. The molecule has 0 spiro atoms. The minimum Gasteiger partial charge on any atom is -0.377 e. The Kier molecular flexibility index (Phi) is 7.32. The highest BCUT2D eigenvalue weighted by Gasteiger charge is 2.27. The molecule has 1 aliphatic heterocycles. The average molecular weight is 291 g/mol. The van der Waals surface area contributed by atoms with E-state index < -0.39 is 9.84 Å². The highest BCUT2D eigenvalue weighted by atomic mass is 32.2. The maximum Gasteiger partial charge on any atom is 0.154 e. The fraction of sp³-hybridized carbons (Fsp3) is 1.00. The van der Waals surface area contributed by atoms with Gasteiger partial charge < -0.3 is 10.1 Å². The van der Waals surface area contributed by atoms with E-state index in [1.807, 2.05) is 0 Å². The van der Waals surface area contributed by atoms with Crippen molar-refractivity contribution in [2.24, 2.45) is 5.92 Å². The number of hydrogen-bond acceptors (Lipinski definition) is 4. The van der Waals surface area contributed by atoms with E-state index in [2.05, 4.69) is 26.1 Å². The summed E-state index contributed by atoms with van der Waals surface area (Å²) < 4.78 is 30.0. The van der Waals surface area contributed by atoms with Crippen LogP contribution >= 0.6 is 0 Å². The minimum absolute atomic E-state index is 0.0661. The van der Waals surface area contributed by atoms with Gasteiger partial charge >= 0.3 is 0 Å². The van der Waals surface area contributed by atoms with Crippen LogP contribution in [0.5, 0.6) is 0 Å². The molecule has 0 aliphatic carbocycles. The van der Waals surface area contributed by atoms with Gasteiger partial charge in [-0.25, -0.2) is 8.42 Å². The van der Waals surface area contributed by atoms with Crippen molar-refractivity contribution in [2.75, 3.05) is 24.7 Å². The van der Waals surface area contributed by atoms with Crippen molar-refractivity contribution in [1.29, 1.82) is 0 Å². The molecule has 0 aromatic heterocycles. The highest BCUT2D eigenvalue weighted by Crippen LogP contribution is 2.16. The van der Waals surface area contributed by atoms with E-state index in [0.717, 1.165) is 32.2 Å². The molecule has 4 nitrogen and oxygen atoms in total. The van der Waals surface area contributed by atoms with E-state index >= 15 is 0 Å². The molecular weight excluding hydrogens is 262 g/mol. The van der Waals surface area contributed by atoms with Crippen LogP contribution in [-0.4, -0.2) is 45.2 Å². The molecule has 0 amide bonds. The molecule has 3 atom stereocenters. The minimum atomic E-state index is -3.04. The summed E-state index contributed by atoms with van der Waals surface area (Å²) in [4.78, 5) is 0. The summed E-state index contributed by atoms with van der Waals surface area (Å²) in [6.45, 7) is 7.92. The standard InChI is InChI=1S/C14H29NO3S/c1-4-8-15-14(12(3)5-2)11-19(16,17)10-13-7-6-9-18-13/h12-15H,4-11H2,1-3H3. The predicted octanol–water partition coefficient (Wildman–Crippen LogP) is 1.99. The molecule has 1 saturated heterocycles. The van der Waals surface area contributed by atoms with Crippen LogP contribution < -0.4 is 5.32 Å². The summed E-state index contributed by atoms with van der Waals surface area (Å²) in [6, 6.07) is 0.0661. The first-order valence-corrected chi connectivity index (χ1v) is 9.36. The molecule has 0 aromatic rings. The van der Waals surface area contributed by atoms with Crippen molar-refractivity contribution in [1.82, 2.24) is 5.32 Å². The first kappa shape index (κ1) is 16.9. The lowest BCUT2D eigenvalue weighted by Crippen LogP contribution is -2.42. The third kappa shape index (κ3) is 6.23. The summed E-state index contributed by atoms with van der Waals surface area (Å²) in [7, 11) is -3.04. The fourth-order valence-electron chi connectivity index (χ4n) is 2.44. The summed E-state index contributed by atoms with van der Waals surface area (Å²) >= 11 is 0. The Labute approximate surface area is 118 Å². The van der Waals surface area contributed by atoms with Crippen molar-refractivity contribution in [3.8, 4) is 0 Å². The van der Waals surface area contributed by atoms with Crippen LogP contribution in [-0.2, 0) is 14.6 Å². The van der Waals surface area contributed by atoms with E-state index in [-0.39, 0.29) is 23.7 Å². The Bertz CT molecular complexity index is 337. The molecular formula is C14H29NO3S. The quantitative estimate of drug-likeness (QED) is 0.706. The van der Waals surface area contributed by atoms with Crippen LogP contribution in [0.2, 0.25) is 0 Å². The summed E-state index contributed by atoms with van der Waals surface area (Å²) in [5.74, 6) is 0.807. The summed E-state index contributed by atoms with van der Waals surface area (Å²) in [5.41, 5.74) is 0. The molecule has 0 saturated carbocycles. The summed E-state index contributed by atoms with van der Waals surface area (Å²) in [5, 5.41) is 3.38. The lowest BCUT2D eigenvalue weighted by atomic mass is 10.0. The second-order valence-electron chi connectivity index (χ2n) is 5.66. The lowest BCUT2D eigenvalue weighted by molar-refractivity contribution is 0.127. The van der Waals surface area contributed by atoms with Crippen molar-refractivity contribution in [3.63, 3.8) is 0 Å². The Morgan fingerprint density at radius 1 is 1.37 bits per heavy atom. The van der Waals surface area contributed by atoms with Crippen LogP contribution in [0.4, 0.5) is 0 Å². The van der Waals surface area contributed by atoms with Gasteiger partial charge in [0.2, 0.25) is 0 Å². The van der Waals surface area contributed by atoms with Crippen LogP contribution in [0.1, 0.15) is 46.5 Å². The summed E-state index contributed by atoms with van der Waals surface area (Å²) in [6.07, 6.45) is 3.82. The zero-order chi connectivity index (χ0) is 14.3. The number of ether oxygens (including phenoxy) is 1. The van der Waals surface area contributed by atoms with Gasteiger partial charge in [-0.1, -0.05) is 27.2 Å². The van der Waals surface area contributed by atoms with E-state index in [1.54, 1.807) is 0 Å². The van der Waals surface area contributed by atoms with Gasteiger partial charge in [0.15, 0.2) is 9.84 Å². The van der Waals surface area contributed by atoms with Crippen LogP contribution in [0.25, 0.3) is 0 Å². The molecule has 0 aromatic carbocycles. The number of nitrogens with one attached hydrogen (secondary N) is 1. The average Bonchev–Trinajstić information content (AvgIpc) is 2.85. The zero-order valence-electron chi connectivity index (χ0n) is 12.5. The normalized spacial score (nSPS) is 23.4. The van der Waals surface area contributed by atoms with Gasteiger partial charge in [-0.2, -0.15) is 0 Å². The molecule has 3 unspecified atom stereocenters. The lowest BCUT2D eigenvalue weighted by Gasteiger charge is -2.24. The second kappa shape index (κ2) is 8.22. The Morgan fingerprint density at radius 3 is 2.63 bits per heavy atom. The number of rotatable bonds is 9. The monoisotopic (exact) mass is 291 g/mol. The molecule has 1 N–H and O–H groups in total. The molecule has 1 fully saturated rings. The Hall–Kier alpha value is -0.130. The number of hydrogen-bond donors (Lipinski definition) is 1. The first-order chi connectivity index (χ1) is 8.98. The van der Waals surface area contributed by atoms with E-state index in [9.17, 15) is 8.42 Å². The zero-order valence-corrected chi connectivity index (χ0v) is 13.3. The van der Waals surface area contributed by atoms with Gasteiger partial charge in [0.1, 0.15) is 0 Å². The van der Waals surface area contributed by atoms with Gasteiger partial charge in [0, 0.05) is 12.6 Å². The molecule has 0 bridgehead atoms. The van der Waals surface area contributed by atoms with Crippen LogP contribution in [0, 0.1) is 5.92 Å². The van der Waals surface area contributed by atoms with E-state index in [1.165, 1.54) is 0 Å². The SMILES string of the molecule is CCCNC(CS(=O)(=O)CC1CCCO1)C(C)CC. The van der Waals surface area contributed by atoms with Gasteiger partial charge in [-0.05, 0) is 31.7 Å². The molecule has 1 rings (SSSR count). The van der Waals surface area contributed by atoms with E-state index in [0.29, 0.717) is 12.5 Å². The molecule has 114 valence electrons. The number of sulfone groups is 1. The molecule has 1 heterocycles. The van der Waals surface area contributed by atoms with Crippen LogP contribution in [0.3, 0.4) is 0 Å². The van der Waals surface area contributed by atoms with Crippen molar-refractivity contribution < 1.29 is 13.2 Å². The Morgan fingerprint density at radius 2 is 2.11 bits per heavy atom. The topological polar surface area (TPSA) is 55.4 Å². The van der Waals surface area contributed by atoms with Gasteiger partial charge in [-0.15, -0.1) is 0 Å². The smallest absolute Gasteiger partial charge is 0.154 e. The fourth-order valence-corrected chi connectivity index (χ4v) is 4.40. The van der Waals surface area contributed by atoms with Crippen molar-refractivity contribution in [2.45, 2.75) is 58.6 Å². The van der Waals surface area contributed by atoms with E-state index in [4.69, 9.17) is 4.74 Å². The van der Waals surface area contributed by atoms with Crippen molar-refractivity contribution in [3.05, 3.63) is 0 Å². The van der Waals surface area contributed by atoms with Gasteiger partial charge in [0.25, 0.3) is 0 Å². The first-order valence-electron chi connectivity index (χ1n) is 7.54. The predicted molar refractivity (Wildman–Crippen MR) is 79.2 cm³/mol. The third-order valence-electron chi connectivity index (χ3n) is 3.88. The van der Waals surface area contributed by atoms with Gasteiger partial charge in [-0.3, -0.25) is 0 Å². The molecule has 0 radical (unpaired) electrons. The molecule has 5 heteroatoms. The largest absolute Gasteiger partial charge is 0.377 e. The van der Waals surface area contributed by atoms with Crippen LogP contribution in [0.15, 0.2) is 0 Å². The van der Waals surface area contributed by atoms with Gasteiger partial charge in [0.05, 0.1) is 17.6 Å².